The lowest BCUT2D eigenvalue weighted by Gasteiger charge is -2.52. The van der Waals surface area contributed by atoms with Crippen LogP contribution in [0.25, 0.3) is 22.4 Å². The summed E-state index contributed by atoms with van der Waals surface area (Å²) in [7, 11) is 1.47. The number of phenols is 2. The lowest BCUT2D eigenvalue weighted by molar-refractivity contribution is -0.170. The fourth-order valence-corrected chi connectivity index (χ4v) is 4.01. The fourth-order valence-electron chi connectivity index (χ4n) is 4.01. The van der Waals surface area contributed by atoms with E-state index in [9.17, 15) is 10.2 Å². The van der Waals surface area contributed by atoms with Gasteiger partial charge in [0.15, 0.2) is 11.5 Å². The van der Waals surface area contributed by atoms with Gasteiger partial charge in [-0.15, -0.1) is 0 Å². The van der Waals surface area contributed by atoms with Gasteiger partial charge in [-0.3, -0.25) is 0 Å². The summed E-state index contributed by atoms with van der Waals surface area (Å²) in [6.45, 7) is 2.67. The number of imidazole rings is 1. The predicted molar refractivity (Wildman–Crippen MR) is 87.4 cm³/mol. The first kappa shape index (κ1) is 13.7. The normalized spacial score (nSPS) is 24.0. The topological polar surface area (TPSA) is 76.7 Å². The number of fused-ring (bicyclic) bond motifs is 8. The van der Waals surface area contributed by atoms with Crippen molar-refractivity contribution >= 4 is 11.0 Å². The van der Waals surface area contributed by atoms with E-state index in [1.165, 1.54) is 13.2 Å². The number of para-hydroxylation sites is 2. The molecule has 24 heavy (non-hydrogen) atoms. The molecule has 2 aromatic carbocycles. The monoisotopic (exact) mass is 324 g/mol. The highest BCUT2D eigenvalue weighted by atomic mass is 16.5. The number of aromatic nitrogens is 2. The SMILES string of the molecule is COc1c(O)c(O)cc2c1C1OCC1(C)n1c-2nc2ccccc21. The largest absolute Gasteiger partial charge is 0.504 e. The van der Waals surface area contributed by atoms with Crippen LogP contribution in [0.3, 0.4) is 0 Å². The highest BCUT2D eigenvalue weighted by Gasteiger charge is 2.54. The number of methoxy groups -OCH3 is 1. The van der Waals surface area contributed by atoms with E-state index >= 15 is 0 Å². The van der Waals surface area contributed by atoms with Gasteiger partial charge in [0.2, 0.25) is 5.75 Å². The van der Waals surface area contributed by atoms with Crippen LogP contribution in [0.15, 0.2) is 30.3 Å². The molecule has 2 unspecified atom stereocenters. The average Bonchev–Trinajstić information content (AvgIpc) is 2.95. The summed E-state index contributed by atoms with van der Waals surface area (Å²) in [5, 5.41) is 20.3. The Balaban J connectivity index is 1.95. The average molecular weight is 324 g/mol. The van der Waals surface area contributed by atoms with Gasteiger partial charge in [0.1, 0.15) is 11.9 Å². The number of aromatic hydroxyl groups is 2. The first-order chi connectivity index (χ1) is 11.6. The molecule has 0 bridgehead atoms. The van der Waals surface area contributed by atoms with Crippen molar-refractivity contribution in [2.24, 2.45) is 0 Å². The third-order valence-corrected chi connectivity index (χ3v) is 5.16. The molecule has 2 aliphatic heterocycles. The quantitative estimate of drug-likeness (QED) is 0.673. The van der Waals surface area contributed by atoms with Gasteiger partial charge in [-0.2, -0.15) is 0 Å². The molecule has 1 fully saturated rings. The van der Waals surface area contributed by atoms with E-state index in [-0.39, 0.29) is 28.9 Å². The van der Waals surface area contributed by atoms with Gasteiger partial charge in [0, 0.05) is 11.1 Å². The molecule has 2 atom stereocenters. The van der Waals surface area contributed by atoms with E-state index in [4.69, 9.17) is 14.5 Å². The highest BCUT2D eigenvalue weighted by molar-refractivity contribution is 5.85. The summed E-state index contributed by atoms with van der Waals surface area (Å²) in [5.74, 6) is 0.506. The molecule has 2 N–H and O–H groups in total. The third kappa shape index (κ3) is 1.38. The van der Waals surface area contributed by atoms with Crippen LogP contribution < -0.4 is 4.74 Å². The Hall–Kier alpha value is -2.73. The molecular weight excluding hydrogens is 308 g/mol. The van der Waals surface area contributed by atoms with Gasteiger partial charge >= 0.3 is 0 Å². The van der Waals surface area contributed by atoms with Crippen LogP contribution in [-0.4, -0.2) is 33.5 Å². The van der Waals surface area contributed by atoms with Crippen molar-refractivity contribution in [2.75, 3.05) is 13.7 Å². The first-order valence-corrected chi connectivity index (χ1v) is 7.79. The Morgan fingerprint density at radius 3 is 2.83 bits per heavy atom. The smallest absolute Gasteiger partial charge is 0.200 e. The molecule has 1 aromatic heterocycles. The maximum Gasteiger partial charge on any atom is 0.200 e. The minimum absolute atomic E-state index is 0.230. The number of hydrogen-bond donors (Lipinski definition) is 2. The molecule has 3 aromatic rings. The Bertz CT molecular complexity index is 1010. The Labute approximate surface area is 137 Å². The Morgan fingerprint density at radius 2 is 2.12 bits per heavy atom. The molecule has 0 aliphatic carbocycles. The second kappa shape index (κ2) is 4.21. The molecule has 6 nitrogen and oxygen atoms in total. The summed E-state index contributed by atoms with van der Waals surface area (Å²) in [6, 6.07) is 9.48. The van der Waals surface area contributed by atoms with Gasteiger partial charge in [0.05, 0.1) is 30.3 Å². The fraction of sp³-hybridized carbons (Fsp3) is 0.278. The van der Waals surface area contributed by atoms with Crippen molar-refractivity contribution in [3.63, 3.8) is 0 Å². The lowest BCUT2D eigenvalue weighted by Crippen LogP contribution is -2.53. The molecule has 2 aliphatic rings. The van der Waals surface area contributed by atoms with E-state index < -0.39 is 0 Å². The standard InChI is InChI=1S/C18H16N2O4/c1-18-8-24-16(18)13-9(7-12(21)14(22)15(13)23-2)17-19-10-5-3-4-6-11(10)20(17)18/h3-7,16,21-22H,8H2,1-2H3. The summed E-state index contributed by atoms with van der Waals surface area (Å²) in [5.41, 5.74) is 3.07. The van der Waals surface area contributed by atoms with Gasteiger partial charge in [-0.05, 0) is 25.1 Å². The number of phenolic OH excluding ortho intramolecular Hbond substituents is 2. The molecule has 1 saturated heterocycles. The molecule has 0 saturated carbocycles. The van der Waals surface area contributed by atoms with Crippen molar-refractivity contribution in [2.45, 2.75) is 18.6 Å². The van der Waals surface area contributed by atoms with Gasteiger partial charge in [-0.1, -0.05) is 12.1 Å². The van der Waals surface area contributed by atoms with Crippen molar-refractivity contribution < 1.29 is 19.7 Å². The number of benzene rings is 2. The second-order valence-electron chi connectivity index (χ2n) is 6.55. The zero-order valence-corrected chi connectivity index (χ0v) is 13.3. The van der Waals surface area contributed by atoms with Crippen LogP contribution in [-0.2, 0) is 10.3 Å². The zero-order chi connectivity index (χ0) is 16.6. The van der Waals surface area contributed by atoms with Crippen LogP contribution in [0.2, 0.25) is 0 Å². The summed E-state index contributed by atoms with van der Waals surface area (Å²) in [4.78, 5) is 4.76. The Morgan fingerprint density at radius 1 is 1.33 bits per heavy atom. The first-order valence-electron chi connectivity index (χ1n) is 7.79. The van der Waals surface area contributed by atoms with Crippen molar-refractivity contribution in [1.29, 1.82) is 0 Å². The molecule has 0 amide bonds. The maximum absolute atomic E-state index is 10.2. The van der Waals surface area contributed by atoms with Crippen molar-refractivity contribution in [3.05, 3.63) is 35.9 Å². The van der Waals surface area contributed by atoms with Gasteiger partial charge in [0.25, 0.3) is 0 Å². The van der Waals surface area contributed by atoms with Crippen LogP contribution in [0.1, 0.15) is 18.6 Å². The third-order valence-electron chi connectivity index (χ3n) is 5.16. The number of hydrogen-bond acceptors (Lipinski definition) is 5. The number of rotatable bonds is 1. The molecule has 0 radical (unpaired) electrons. The van der Waals surface area contributed by atoms with Crippen LogP contribution in [0, 0.1) is 0 Å². The number of ether oxygens (including phenoxy) is 2. The zero-order valence-electron chi connectivity index (χ0n) is 13.3. The minimum Gasteiger partial charge on any atom is -0.504 e. The minimum atomic E-state index is -0.310. The molecular formula is C18H16N2O4. The van der Waals surface area contributed by atoms with Gasteiger partial charge in [-0.25, -0.2) is 4.98 Å². The van der Waals surface area contributed by atoms with E-state index in [0.717, 1.165) is 28.0 Å². The molecule has 3 heterocycles. The van der Waals surface area contributed by atoms with Crippen molar-refractivity contribution in [1.82, 2.24) is 9.55 Å². The lowest BCUT2D eigenvalue weighted by atomic mass is 9.78. The van der Waals surface area contributed by atoms with Crippen LogP contribution in [0.4, 0.5) is 0 Å². The highest BCUT2D eigenvalue weighted by Crippen LogP contribution is 2.59. The van der Waals surface area contributed by atoms with Crippen molar-refractivity contribution in [3.8, 4) is 28.6 Å². The number of nitrogens with zero attached hydrogens (tertiary/aromatic N) is 2. The maximum atomic E-state index is 10.2. The Kier molecular flexibility index (Phi) is 2.40. The van der Waals surface area contributed by atoms with E-state index in [2.05, 4.69) is 11.5 Å². The molecule has 5 rings (SSSR count). The summed E-state index contributed by atoms with van der Waals surface area (Å²) >= 11 is 0. The molecule has 122 valence electrons. The summed E-state index contributed by atoms with van der Waals surface area (Å²) in [6.07, 6.45) is -0.265. The predicted octanol–water partition coefficient (Wildman–Crippen LogP) is 2.92. The van der Waals surface area contributed by atoms with E-state index in [0.29, 0.717) is 6.61 Å². The molecule has 0 spiro atoms. The van der Waals surface area contributed by atoms with Crippen LogP contribution in [0.5, 0.6) is 17.2 Å². The van der Waals surface area contributed by atoms with Gasteiger partial charge < -0.3 is 24.3 Å². The molecule has 6 heteroatoms. The van der Waals surface area contributed by atoms with Crippen LogP contribution >= 0.6 is 0 Å². The summed E-state index contributed by atoms with van der Waals surface area (Å²) < 4.78 is 13.4. The second-order valence-corrected chi connectivity index (χ2v) is 6.55. The van der Waals surface area contributed by atoms with E-state index in [1.54, 1.807) is 0 Å². The van der Waals surface area contributed by atoms with E-state index in [1.807, 2.05) is 24.3 Å².